The van der Waals surface area contributed by atoms with Crippen LogP contribution < -0.4 is 9.47 Å². The number of ether oxygens (including phenoxy) is 2. The molecule has 0 heterocycles. The number of carbonyl (C=O) groups is 2. The minimum absolute atomic E-state index is 0.137. The van der Waals surface area contributed by atoms with Gasteiger partial charge in [0.15, 0.2) is 13.2 Å². The first-order chi connectivity index (χ1) is 14.7. The van der Waals surface area contributed by atoms with Gasteiger partial charge in [0.05, 0.1) is 13.2 Å². The van der Waals surface area contributed by atoms with E-state index < -0.39 is 0 Å². The van der Waals surface area contributed by atoms with Gasteiger partial charge < -0.3 is 9.47 Å². The van der Waals surface area contributed by atoms with Crippen LogP contribution in [-0.2, 0) is 9.68 Å². The summed E-state index contributed by atoms with van der Waals surface area (Å²) >= 11 is 0. The summed E-state index contributed by atoms with van der Waals surface area (Å²) in [6.45, 7) is 1.44. The summed E-state index contributed by atoms with van der Waals surface area (Å²) in [6, 6.07) is 13.7. The number of hydrogen-bond acceptors (Lipinski definition) is 7. The maximum atomic E-state index is 11.4. The van der Waals surface area contributed by atoms with Gasteiger partial charge in [0.2, 0.25) is 0 Å². The third kappa shape index (κ3) is 9.18. The van der Waals surface area contributed by atoms with Crippen molar-refractivity contribution < 1.29 is 33.8 Å². The molecule has 2 aromatic rings. The molecule has 0 N–H and O–H groups in total. The van der Waals surface area contributed by atoms with Crippen LogP contribution in [0.1, 0.15) is 46.4 Å². The molecule has 0 amide bonds. The highest BCUT2D eigenvalue weighted by atomic mass is 17.0. The lowest BCUT2D eigenvalue weighted by Gasteiger charge is -2.05. The van der Waals surface area contributed by atoms with Gasteiger partial charge in [0, 0.05) is 11.1 Å². The lowest BCUT2D eigenvalue weighted by molar-refractivity contribution is -0.981. The number of hydrogen-bond donors (Lipinski definition) is 0. The fraction of sp³-hybridized carbons (Fsp3) is 0.364. The van der Waals surface area contributed by atoms with Crippen molar-refractivity contribution in [1.82, 2.24) is 0 Å². The molecular formula is C22H26NO7+. The van der Waals surface area contributed by atoms with Crippen LogP contribution in [0.2, 0.25) is 0 Å². The molecule has 0 saturated carbocycles. The second-order valence-electron chi connectivity index (χ2n) is 6.37. The Morgan fingerprint density at radius 1 is 0.600 bits per heavy atom. The highest BCUT2D eigenvalue weighted by Gasteiger charge is 2.11. The van der Waals surface area contributed by atoms with Gasteiger partial charge in [-0.05, 0) is 74.2 Å². The minimum atomic E-state index is 0.137. The molecule has 2 aromatic carbocycles. The molecule has 8 nitrogen and oxygen atoms in total. The maximum absolute atomic E-state index is 11.4. The third-order valence-electron chi connectivity index (χ3n) is 4.04. The summed E-state index contributed by atoms with van der Waals surface area (Å²) in [5, 5.41) is 0.137. The molecule has 0 aromatic heterocycles. The molecule has 0 unspecified atom stereocenters. The lowest BCUT2D eigenvalue weighted by atomic mass is 10.2. The second kappa shape index (κ2) is 13.7. The molecule has 2 rings (SSSR count). The molecule has 0 radical (unpaired) electrons. The first kappa shape index (κ1) is 22.9. The average molecular weight is 416 g/mol. The maximum Gasteiger partial charge on any atom is 0.477 e. The standard InChI is InChI=1S/C22H26NO7/c24-17-19-5-9-21(10-6-19)27-13-1-3-15-29-23(26)30-16-4-2-14-28-22-11-7-20(18-25)8-12-22/h5-12,17-18H,1-4,13-16H2/q+1. The predicted molar refractivity (Wildman–Crippen MR) is 109 cm³/mol. The quantitative estimate of drug-likeness (QED) is 0.232. The van der Waals surface area contributed by atoms with E-state index in [9.17, 15) is 14.5 Å². The molecular weight excluding hydrogens is 390 g/mol. The van der Waals surface area contributed by atoms with Gasteiger partial charge in [0.1, 0.15) is 29.0 Å². The van der Waals surface area contributed by atoms with Crippen molar-refractivity contribution in [2.24, 2.45) is 0 Å². The number of carbonyl (C=O) groups excluding carboxylic acids is 2. The van der Waals surface area contributed by atoms with Gasteiger partial charge >= 0.3 is 5.09 Å². The molecule has 0 aliphatic rings. The van der Waals surface area contributed by atoms with E-state index in [-0.39, 0.29) is 18.3 Å². The van der Waals surface area contributed by atoms with E-state index in [2.05, 4.69) is 0 Å². The van der Waals surface area contributed by atoms with E-state index in [0.717, 1.165) is 12.6 Å². The van der Waals surface area contributed by atoms with Crippen LogP contribution in [0.15, 0.2) is 48.5 Å². The van der Waals surface area contributed by atoms with Gasteiger partial charge in [-0.15, -0.1) is 0 Å². The molecule has 8 heteroatoms. The largest absolute Gasteiger partial charge is 0.494 e. The average Bonchev–Trinajstić information content (AvgIpc) is 2.79. The number of aldehydes is 2. The molecule has 0 aliphatic heterocycles. The second-order valence-corrected chi connectivity index (χ2v) is 6.37. The van der Waals surface area contributed by atoms with Crippen molar-refractivity contribution in [2.45, 2.75) is 25.7 Å². The van der Waals surface area contributed by atoms with Gasteiger partial charge in [-0.1, -0.05) is 0 Å². The molecule has 0 fully saturated rings. The summed E-state index contributed by atoms with van der Waals surface area (Å²) in [4.78, 5) is 42.4. The predicted octanol–water partition coefficient (Wildman–Crippen LogP) is 3.97. The first-order valence-electron chi connectivity index (χ1n) is 9.80. The van der Waals surface area contributed by atoms with Crippen LogP contribution in [0.4, 0.5) is 0 Å². The minimum Gasteiger partial charge on any atom is -0.494 e. The highest BCUT2D eigenvalue weighted by Crippen LogP contribution is 2.12. The fourth-order valence-electron chi connectivity index (χ4n) is 2.39. The van der Waals surface area contributed by atoms with Gasteiger partial charge in [-0.3, -0.25) is 9.59 Å². The van der Waals surface area contributed by atoms with Crippen LogP contribution >= 0.6 is 0 Å². The Kier molecular flexibility index (Phi) is 10.4. The zero-order valence-corrected chi connectivity index (χ0v) is 16.7. The van der Waals surface area contributed by atoms with E-state index in [0.29, 0.717) is 61.5 Å². The van der Waals surface area contributed by atoms with Crippen LogP contribution in [-0.4, -0.2) is 44.1 Å². The van der Waals surface area contributed by atoms with E-state index in [1.807, 2.05) is 0 Å². The molecule has 30 heavy (non-hydrogen) atoms. The van der Waals surface area contributed by atoms with Gasteiger partial charge in [-0.25, -0.2) is 0 Å². The SMILES string of the molecule is O=Cc1ccc(OCCCCO[N+](=O)OCCCCOc2ccc(C=O)cc2)cc1. The topological polar surface area (TPSA) is 91.1 Å². The summed E-state index contributed by atoms with van der Waals surface area (Å²) in [5.74, 6) is 1.38. The van der Waals surface area contributed by atoms with Crippen LogP contribution in [0.3, 0.4) is 0 Å². The van der Waals surface area contributed by atoms with Crippen LogP contribution in [0.5, 0.6) is 11.5 Å². The van der Waals surface area contributed by atoms with Crippen molar-refractivity contribution in [3.8, 4) is 11.5 Å². The normalized spacial score (nSPS) is 10.1. The van der Waals surface area contributed by atoms with Crippen molar-refractivity contribution in [3.05, 3.63) is 64.6 Å². The Bertz CT molecular complexity index is 710. The summed E-state index contributed by atoms with van der Waals surface area (Å²) in [7, 11) is 0. The van der Waals surface area contributed by atoms with E-state index >= 15 is 0 Å². The summed E-state index contributed by atoms with van der Waals surface area (Å²) in [6.07, 6.45) is 4.28. The van der Waals surface area contributed by atoms with Crippen LogP contribution in [0.25, 0.3) is 0 Å². The number of rotatable bonds is 16. The molecule has 0 bridgehead atoms. The van der Waals surface area contributed by atoms with Crippen molar-refractivity contribution in [1.29, 1.82) is 0 Å². The Morgan fingerprint density at radius 2 is 0.967 bits per heavy atom. The zero-order chi connectivity index (χ0) is 21.4. The smallest absolute Gasteiger partial charge is 0.477 e. The van der Waals surface area contributed by atoms with Crippen molar-refractivity contribution in [3.63, 3.8) is 0 Å². The van der Waals surface area contributed by atoms with Crippen LogP contribution in [0, 0.1) is 4.91 Å². The Labute approximate surface area is 175 Å². The lowest BCUT2D eigenvalue weighted by Crippen LogP contribution is -2.13. The number of unbranched alkanes of at least 4 members (excludes halogenated alkanes) is 2. The Hall–Kier alpha value is -3.42. The highest BCUT2D eigenvalue weighted by molar-refractivity contribution is 5.75. The Balaban J connectivity index is 1.41. The monoisotopic (exact) mass is 416 g/mol. The number of benzene rings is 2. The molecule has 0 spiro atoms. The zero-order valence-electron chi connectivity index (χ0n) is 16.7. The van der Waals surface area contributed by atoms with Crippen molar-refractivity contribution in [2.75, 3.05) is 26.4 Å². The number of nitrogens with zero attached hydrogens (tertiary/aromatic N) is 1. The molecule has 0 aliphatic carbocycles. The molecule has 0 atom stereocenters. The molecule has 0 saturated heterocycles. The first-order valence-corrected chi connectivity index (χ1v) is 9.80. The van der Waals surface area contributed by atoms with E-state index in [1.54, 1.807) is 48.5 Å². The summed E-state index contributed by atoms with van der Waals surface area (Å²) in [5.41, 5.74) is 1.20. The molecule has 160 valence electrons. The van der Waals surface area contributed by atoms with E-state index in [4.69, 9.17) is 19.1 Å². The summed E-state index contributed by atoms with van der Waals surface area (Å²) < 4.78 is 11.1. The van der Waals surface area contributed by atoms with Gasteiger partial charge in [0.25, 0.3) is 0 Å². The Morgan fingerprint density at radius 3 is 1.33 bits per heavy atom. The van der Waals surface area contributed by atoms with Gasteiger partial charge in [-0.2, -0.15) is 9.68 Å². The van der Waals surface area contributed by atoms with Crippen molar-refractivity contribution >= 4 is 12.6 Å². The van der Waals surface area contributed by atoms with E-state index in [1.165, 1.54) is 0 Å². The third-order valence-corrected chi connectivity index (χ3v) is 4.04. The fourth-order valence-corrected chi connectivity index (χ4v) is 2.39.